The van der Waals surface area contributed by atoms with Gasteiger partial charge in [0.25, 0.3) is 0 Å². The third kappa shape index (κ3) is 6.69. The van der Waals surface area contributed by atoms with E-state index in [1.165, 1.54) is 44.5 Å². The van der Waals surface area contributed by atoms with Crippen LogP contribution in [0.15, 0.2) is 224 Å². The molecular weight excluding hydrogens is 749 g/mol. The van der Waals surface area contributed by atoms with Crippen LogP contribution in [0.4, 0.5) is 0 Å². The number of allylic oxidation sites excluding steroid dienone is 8. The molecule has 0 radical (unpaired) electrons. The molecule has 0 saturated carbocycles. The molecule has 7 aromatic carbocycles. The van der Waals surface area contributed by atoms with E-state index in [0.29, 0.717) is 17.7 Å². The summed E-state index contributed by atoms with van der Waals surface area (Å²) in [6.07, 6.45) is 15.1. The Kier molecular flexibility index (Phi) is 9.43. The van der Waals surface area contributed by atoms with Crippen LogP contribution < -0.4 is 0 Å². The average Bonchev–Trinajstić information content (AvgIpc) is 3.34. The van der Waals surface area contributed by atoms with Crippen molar-refractivity contribution >= 4 is 5.57 Å². The maximum absolute atomic E-state index is 5.38. The molecule has 0 saturated heterocycles. The summed E-state index contributed by atoms with van der Waals surface area (Å²) in [6.45, 7) is 4.80. The highest BCUT2D eigenvalue weighted by Gasteiger charge is 2.43. The third-order valence-electron chi connectivity index (χ3n) is 13.3. The number of hydrogen-bond donors (Lipinski definition) is 0. The number of hydrogen-bond acceptors (Lipinski definition) is 2. The molecule has 0 N–H and O–H groups in total. The highest BCUT2D eigenvalue weighted by molar-refractivity contribution is 5.88. The van der Waals surface area contributed by atoms with Crippen LogP contribution in [0.2, 0.25) is 0 Å². The summed E-state index contributed by atoms with van der Waals surface area (Å²) in [6, 6.07) is 65.4. The average molecular weight is 795 g/mol. The van der Waals surface area contributed by atoms with Crippen molar-refractivity contribution in [1.29, 1.82) is 0 Å². The Morgan fingerprint density at radius 2 is 1.00 bits per heavy atom. The van der Waals surface area contributed by atoms with Crippen molar-refractivity contribution in [3.63, 3.8) is 0 Å². The first-order valence-corrected chi connectivity index (χ1v) is 21.8. The van der Waals surface area contributed by atoms with Gasteiger partial charge in [0.1, 0.15) is 0 Å². The van der Waals surface area contributed by atoms with Crippen molar-refractivity contribution in [2.24, 2.45) is 11.8 Å². The SMILES string of the molecule is C[C@@H]1CC=CC2=C1c1cc(-c3cccc(-c4ccccc4-c4nc(-c5cccc(-c6ccccc6)c5)cc(-c5cccc(-c6ccccc6)c5)n4)c3)ccc1C1(C)C=CC=CC21. The van der Waals surface area contributed by atoms with Crippen LogP contribution in [-0.4, -0.2) is 9.97 Å². The quantitative estimate of drug-likeness (QED) is 0.161. The highest BCUT2D eigenvalue weighted by atomic mass is 14.9. The van der Waals surface area contributed by atoms with Crippen molar-refractivity contribution in [3.8, 4) is 78.4 Å². The van der Waals surface area contributed by atoms with Gasteiger partial charge < -0.3 is 0 Å². The van der Waals surface area contributed by atoms with Gasteiger partial charge >= 0.3 is 0 Å². The molecule has 3 atom stereocenters. The lowest BCUT2D eigenvalue weighted by Gasteiger charge is -2.45. The fourth-order valence-corrected chi connectivity index (χ4v) is 10.1. The van der Waals surface area contributed by atoms with Crippen molar-refractivity contribution in [3.05, 3.63) is 235 Å². The minimum atomic E-state index is -0.0806. The smallest absolute Gasteiger partial charge is 0.161 e. The summed E-state index contributed by atoms with van der Waals surface area (Å²) in [4.78, 5) is 10.8. The maximum atomic E-state index is 5.38. The Bertz CT molecular complexity index is 3030. The largest absolute Gasteiger partial charge is 0.228 e. The van der Waals surface area contributed by atoms with Crippen LogP contribution in [0.1, 0.15) is 31.4 Å². The summed E-state index contributed by atoms with van der Waals surface area (Å²) in [5.74, 6) is 1.51. The van der Waals surface area contributed by atoms with Gasteiger partial charge in [0.2, 0.25) is 0 Å². The van der Waals surface area contributed by atoms with E-state index in [9.17, 15) is 0 Å². The predicted octanol–water partition coefficient (Wildman–Crippen LogP) is 15.5. The van der Waals surface area contributed by atoms with Gasteiger partial charge in [-0.1, -0.05) is 202 Å². The minimum Gasteiger partial charge on any atom is -0.228 e. The molecule has 0 bridgehead atoms. The molecule has 1 aromatic heterocycles. The van der Waals surface area contributed by atoms with Crippen LogP contribution in [0.25, 0.3) is 84.0 Å². The number of rotatable bonds is 7. The van der Waals surface area contributed by atoms with Crippen LogP contribution >= 0.6 is 0 Å². The van der Waals surface area contributed by atoms with Crippen molar-refractivity contribution in [2.75, 3.05) is 0 Å². The molecule has 1 heterocycles. The van der Waals surface area contributed by atoms with Crippen LogP contribution in [0.5, 0.6) is 0 Å². The van der Waals surface area contributed by atoms with Crippen molar-refractivity contribution in [2.45, 2.75) is 25.7 Å². The van der Waals surface area contributed by atoms with E-state index in [-0.39, 0.29) is 5.41 Å². The fourth-order valence-electron chi connectivity index (χ4n) is 10.1. The number of fused-ring (bicyclic) bond motifs is 5. The fraction of sp³-hybridized carbons (Fsp3) is 0.100. The molecule has 62 heavy (non-hydrogen) atoms. The van der Waals surface area contributed by atoms with Crippen LogP contribution in [-0.2, 0) is 5.41 Å². The van der Waals surface area contributed by atoms with Gasteiger partial charge in [-0.05, 0) is 109 Å². The van der Waals surface area contributed by atoms with Crippen LogP contribution in [0.3, 0.4) is 0 Å². The Labute approximate surface area is 365 Å². The first kappa shape index (κ1) is 37.6. The van der Waals surface area contributed by atoms with Gasteiger partial charge in [-0.2, -0.15) is 0 Å². The standard InChI is InChI=1S/C60H46N2/c1-40-17-13-30-52-54-31-11-12-34-60(54,2)55-33-32-46(38-53(55)58(40)52)45-24-14-25-47(35-45)50-28-9-10-29-51(50)59-61-56(48-26-15-22-43(36-48)41-18-5-3-6-19-41)39-57(62-59)49-27-16-23-44(37-49)42-20-7-4-8-21-42/h3-16,18-40,54H,17H2,1-2H3/t40-,54?,60?/m1/s1. The molecule has 0 amide bonds. The van der Waals surface area contributed by atoms with Gasteiger partial charge in [-0.3, -0.25) is 0 Å². The first-order valence-electron chi connectivity index (χ1n) is 21.8. The van der Waals surface area contributed by atoms with E-state index in [0.717, 1.165) is 56.8 Å². The molecule has 0 fully saturated rings. The topological polar surface area (TPSA) is 25.8 Å². The monoisotopic (exact) mass is 794 g/mol. The highest BCUT2D eigenvalue weighted by Crippen LogP contribution is 2.54. The molecule has 2 heteroatoms. The van der Waals surface area contributed by atoms with E-state index in [2.05, 4.69) is 232 Å². The molecule has 3 aliphatic carbocycles. The van der Waals surface area contributed by atoms with Crippen LogP contribution in [0, 0.1) is 11.8 Å². The lowest BCUT2D eigenvalue weighted by atomic mass is 9.58. The number of aromatic nitrogens is 2. The molecule has 8 aromatic rings. The van der Waals surface area contributed by atoms with Gasteiger partial charge in [0, 0.05) is 28.0 Å². The summed E-state index contributed by atoms with van der Waals surface area (Å²) < 4.78 is 0. The Morgan fingerprint density at radius 3 is 1.66 bits per heavy atom. The Morgan fingerprint density at radius 1 is 0.468 bits per heavy atom. The number of nitrogens with zero attached hydrogens (tertiary/aromatic N) is 2. The van der Waals surface area contributed by atoms with Crippen molar-refractivity contribution < 1.29 is 0 Å². The van der Waals surface area contributed by atoms with E-state index < -0.39 is 0 Å². The van der Waals surface area contributed by atoms with Gasteiger partial charge in [-0.15, -0.1) is 0 Å². The molecule has 3 aliphatic rings. The predicted molar refractivity (Wildman–Crippen MR) is 259 cm³/mol. The Balaban J connectivity index is 1.03. The lowest BCUT2D eigenvalue weighted by molar-refractivity contribution is 0.469. The molecule has 11 rings (SSSR count). The Hall–Kier alpha value is -7.42. The minimum absolute atomic E-state index is 0.0806. The van der Waals surface area contributed by atoms with E-state index in [1.54, 1.807) is 0 Å². The summed E-state index contributed by atoms with van der Waals surface area (Å²) in [5, 5.41) is 0. The molecule has 0 spiro atoms. The van der Waals surface area contributed by atoms with E-state index in [1.807, 2.05) is 0 Å². The summed E-state index contributed by atoms with van der Waals surface area (Å²) in [5.41, 5.74) is 19.8. The normalized spacial score (nSPS) is 18.5. The van der Waals surface area contributed by atoms with Gasteiger partial charge in [-0.25, -0.2) is 9.97 Å². The summed E-state index contributed by atoms with van der Waals surface area (Å²) in [7, 11) is 0. The van der Waals surface area contributed by atoms with Gasteiger partial charge in [0.15, 0.2) is 5.82 Å². The molecule has 2 unspecified atom stereocenters. The molecule has 296 valence electrons. The number of benzene rings is 7. The second-order valence-electron chi connectivity index (χ2n) is 17.2. The molecule has 0 aliphatic heterocycles. The van der Waals surface area contributed by atoms with Crippen molar-refractivity contribution in [1.82, 2.24) is 9.97 Å². The van der Waals surface area contributed by atoms with E-state index >= 15 is 0 Å². The molecular formula is C60H46N2. The third-order valence-corrected chi connectivity index (χ3v) is 13.3. The first-order chi connectivity index (χ1) is 30.5. The summed E-state index contributed by atoms with van der Waals surface area (Å²) >= 11 is 0. The maximum Gasteiger partial charge on any atom is 0.161 e. The lowest BCUT2D eigenvalue weighted by Crippen LogP contribution is -2.37. The van der Waals surface area contributed by atoms with E-state index in [4.69, 9.17) is 9.97 Å². The second kappa shape index (κ2) is 15.6. The zero-order chi connectivity index (χ0) is 41.6. The van der Waals surface area contributed by atoms with Gasteiger partial charge in [0.05, 0.1) is 11.4 Å². The zero-order valence-electron chi connectivity index (χ0n) is 35.0. The molecule has 2 nitrogen and oxygen atoms in total. The second-order valence-corrected chi connectivity index (χ2v) is 17.2. The zero-order valence-corrected chi connectivity index (χ0v) is 35.0.